The topological polar surface area (TPSA) is 41.6 Å². The Morgan fingerprint density at radius 1 is 1.33 bits per heavy atom. The maximum atomic E-state index is 12.8. The van der Waals surface area contributed by atoms with Crippen molar-refractivity contribution in [1.29, 1.82) is 0 Å². The summed E-state index contributed by atoms with van der Waals surface area (Å²) in [6.45, 7) is 3.58. The second kappa shape index (κ2) is 6.16. The quantitative estimate of drug-likeness (QED) is 0.899. The first kappa shape index (κ1) is 14.5. The summed E-state index contributed by atoms with van der Waals surface area (Å²) in [6, 6.07) is 8.82. The van der Waals surface area contributed by atoms with Crippen LogP contribution < -0.4 is 5.32 Å². The van der Waals surface area contributed by atoms with Crippen molar-refractivity contribution in [3.63, 3.8) is 0 Å². The van der Waals surface area contributed by atoms with Gasteiger partial charge in [-0.15, -0.1) is 0 Å². The zero-order valence-corrected chi connectivity index (χ0v) is 12.8. The van der Waals surface area contributed by atoms with Crippen LogP contribution in [0.5, 0.6) is 0 Å². The molecule has 4 heteroatoms. The third-order valence-electron chi connectivity index (χ3n) is 4.47. The summed E-state index contributed by atoms with van der Waals surface area (Å²) < 4.78 is 5.35. The lowest BCUT2D eigenvalue weighted by molar-refractivity contribution is -0.134. The molecule has 2 fully saturated rings. The van der Waals surface area contributed by atoms with Crippen LogP contribution in [0.2, 0.25) is 0 Å². The first-order valence-electron chi connectivity index (χ1n) is 7.79. The van der Waals surface area contributed by atoms with Crippen molar-refractivity contribution in [2.75, 3.05) is 13.7 Å². The summed E-state index contributed by atoms with van der Waals surface area (Å²) >= 11 is 0. The van der Waals surface area contributed by atoms with Gasteiger partial charge in [0.2, 0.25) is 5.91 Å². The van der Waals surface area contributed by atoms with Crippen LogP contribution in [0.15, 0.2) is 24.3 Å². The Morgan fingerprint density at radius 3 is 2.62 bits per heavy atom. The minimum Gasteiger partial charge on any atom is -0.380 e. The lowest BCUT2D eigenvalue weighted by Gasteiger charge is -2.26. The minimum atomic E-state index is -0.0824. The highest BCUT2D eigenvalue weighted by atomic mass is 16.5. The van der Waals surface area contributed by atoms with Crippen LogP contribution in [0, 0.1) is 6.92 Å². The first-order valence-corrected chi connectivity index (χ1v) is 7.79. The van der Waals surface area contributed by atoms with Gasteiger partial charge in [-0.25, -0.2) is 0 Å². The van der Waals surface area contributed by atoms with Crippen LogP contribution in [-0.4, -0.2) is 42.6 Å². The van der Waals surface area contributed by atoms with Gasteiger partial charge in [0.25, 0.3) is 0 Å². The number of amides is 1. The van der Waals surface area contributed by atoms with Gasteiger partial charge in [-0.2, -0.15) is 0 Å². The lowest BCUT2D eigenvalue weighted by atomic mass is 10.1. The Kier molecular flexibility index (Phi) is 4.27. The molecule has 0 radical (unpaired) electrons. The Morgan fingerprint density at radius 2 is 2.05 bits per heavy atom. The van der Waals surface area contributed by atoms with Gasteiger partial charge in [-0.1, -0.05) is 29.8 Å². The molecule has 2 atom stereocenters. The number of carbonyl (C=O) groups excluding carboxylic acids is 1. The summed E-state index contributed by atoms with van der Waals surface area (Å²) in [6.07, 6.45) is 3.22. The average molecular weight is 288 g/mol. The number of ether oxygens (including phenoxy) is 1. The predicted octanol–water partition coefficient (Wildman–Crippen LogP) is 1.86. The molecule has 1 aliphatic carbocycles. The van der Waals surface area contributed by atoms with Crippen LogP contribution in [-0.2, 0) is 16.1 Å². The molecule has 3 rings (SSSR count). The molecule has 2 aliphatic rings. The molecule has 114 valence electrons. The summed E-state index contributed by atoms with van der Waals surface area (Å²) in [4.78, 5) is 14.8. The van der Waals surface area contributed by atoms with Crippen molar-refractivity contribution in [3.05, 3.63) is 35.4 Å². The molecular weight excluding hydrogens is 264 g/mol. The molecule has 1 aliphatic heterocycles. The van der Waals surface area contributed by atoms with Crippen LogP contribution in [0.1, 0.15) is 30.4 Å². The van der Waals surface area contributed by atoms with Crippen molar-refractivity contribution >= 4 is 5.91 Å². The second-order valence-corrected chi connectivity index (χ2v) is 6.24. The van der Waals surface area contributed by atoms with Gasteiger partial charge in [0, 0.05) is 26.2 Å². The van der Waals surface area contributed by atoms with Gasteiger partial charge < -0.3 is 15.0 Å². The fraction of sp³-hybridized carbons (Fsp3) is 0.588. The number of hydrogen-bond acceptors (Lipinski definition) is 3. The molecule has 0 aromatic heterocycles. The number of nitrogens with zero attached hydrogens (tertiary/aromatic N) is 1. The number of carbonyl (C=O) groups is 1. The number of hydrogen-bond donors (Lipinski definition) is 1. The van der Waals surface area contributed by atoms with Gasteiger partial charge in [-0.3, -0.25) is 4.79 Å². The van der Waals surface area contributed by atoms with Crippen LogP contribution >= 0.6 is 0 Å². The summed E-state index contributed by atoms with van der Waals surface area (Å²) in [5, 5.41) is 3.30. The van der Waals surface area contributed by atoms with E-state index in [4.69, 9.17) is 4.74 Å². The number of rotatable bonds is 5. The van der Waals surface area contributed by atoms with Gasteiger partial charge in [0.15, 0.2) is 0 Å². The van der Waals surface area contributed by atoms with Crippen LogP contribution in [0.25, 0.3) is 0 Å². The van der Waals surface area contributed by atoms with Crippen molar-refractivity contribution < 1.29 is 9.53 Å². The molecule has 21 heavy (non-hydrogen) atoms. The monoisotopic (exact) mass is 288 g/mol. The van der Waals surface area contributed by atoms with E-state index in [0.29, 0.717) is 6.04 Å². The molecule has 1 saturated heterocycles. The van der Waals surface area contributed by atoms with Crippen molar-refractivity contribution in [3.8, 4) is 0 Å². The highest BCUT2D eigenvalue weighted by molar-refractivity contribution is 5.83. The number of methoxy groups -OCH3 is 1. The van der Waals surface area contributed by atoms with Crippen molar-refractivity contribution in [2.24, 2.45) is 0 Å². The molecule has 2 unspecified atom stereocenters. The second-order valence-electron chi connectivity index (χ2n) is 6.24. The van der Waals surface area contributed by atoms with E-state index in [1.54, 1.807) is 7.11 Å². The van der Waals surface area contributed by atoms with Gasteiger partial charge in [-0.05, 0) is 31.7 Å². The fourth-order valence-corrected chi connectivity index (χ4v) is 2.93. The van der Waals surface area contributed by atoms with Crippen molar-refractivity contribution in [1.82, 2.24) is 10.2 Å². The molecule has 0 spiro atoms. The van der Waals surface area contributed by atoms with E-state index in [9.17, 15) is 4.79 Å². The molecule has 1 heterocycles. The molecule has 1 saturated carbocycles. The molecule has 0 bridgehead atoms. The van der Waals surface area contributed by atoms with E-state index in [-0.39, 0.29) is 18.1 Å². The smallest absolute Gasteiger partial charge is 0.240 e. The van der Waals surface area contributed by atoms with E-state index in [2.05, 4.69) is 41.4 Å². The average Bonchev–Trinajstić information content (AvgIpc) is 3.22. The summed E-state index contributed by atoms with van der Waals surface area (Å²) in [5.74, 6) is 0.234. The largest absolute Gasteiger partial charge is 0.380 e. The SMILES string of the molecule is COC1CNC(C(=O)N(Cc2ccc(C)cc2)C2CC2)C1. The van der Waals surface area contributed by atoms with Crippen molar-refractivity contribution in [2.45, 2.75) is 50.9 Å². The Hall–Kier alpha value is -1.39. The highest BCUT2D eigenvalue weighted by Crippen LogP contribution is 2.30. The maximum absolute atomic E-state index is 12.8. The van der Waals surface area contributed by atoms with Crippen LogP contribution in [0.4, 0.5) is 0 Å². The first-order chi connectivity index (χ1) is 10.2. The van der Waals surface area contributed by atoms with E-state index < -0.39 is 0 Å². The normalized spacial score (nSPS) is 25.0. The van der Waals surface area contributed by atoms with E-state index in [1.165, 1.54) is 11.1 Å². The standard InChI is InChI=1S/C17H24N2O2/c1-12-3-5-13(6-4-12)11-19(14-7-8-14)17(20)16-9-15(21-2)10-18-16/h3-6,14-16,18H,7-11H2,1-2H3. The summed E-state index contributed by atoms with van der Waals surface area (Å²) in [7, 11) is 1.71. The van der Waals surface area contributed by atoms with Gasteiger partial charge in [0.05, 0.1) is 12.1 Å². The maximum Gasteiger partial charge on any atom is 0.240 e. The van der Waals surface area contributed by atoms with Gasteiger partial charge in [0.1, 0.15) is 0 Å². The lowest BCUT2D eigenvalue weighted by Crippen LogP contribution is -2.44. The molecule has 1 aromatic rings. The molecular formula is C17H24N2O2. The van der Waals surface area contributed by atoms with E-state index in [1.807, 2.05) is 0 Å². The molecule has 1 aromatic carbocycles. The van der Waals surface area contributed by atoms with E-state index >= 15 is 0 Å². The minimum absolute atomic E-state index is 0.0824. The third-order valence-corrected chi connectivity index (χ3v) is 4.47. The predicted molar refractivity (Wildman–Crippen MR) is 82.0 cm³/mol. The van der Waals surface area contributed by atoms with Gasteiger partial charge >= 0.3 is 0 Å². The third kappa shape index (κ3) is 3.44. The number of nitrogens with one attached hydrogen (secondary N) is 1. The Balaban J connectivity index is 1.67. The van der Waals surface area contributed by atoms with E-state index in [0.717, 1.165) is 32.4 Å². The summed E-state index contributed by atoms with van der Waals surface area (Å²) in [5.41, 5.74) is 2.46. The molecule has 1 N–H and O–H groups in total. The highest BCUT2D eigenvalue weighted by Gasteiger charge is 2.38. The molecule has 4 nitrogen and oxygen atoms in total. The zero-order valence-electron chi connectivity index (χ0n) is 12.8. The van der Waals surface area contributed by atoms with Crippen LogP contribution in [0.3, 0.4) is 0 Å². The zero-order chi connectivity index (χ0) is 14.8. The molecule has 1 amide bonds. The fourth-order valence-electron chi connectivity index (χ4n) is 2.93. The number of aryl methyl sites for hydroxylation is 1. The number of benzene rings is 1. The Labute approximate surface area is 126 Å². The Bertz CT molecular complexity index is 496.